The molecule has 0 unspecified atom stereocenters. The molecule has 3 rings (SSSR count). The van der Waals surface area contributed by atoms with E-state index in [1.165, 1.54) is 11.8 Å². The number of hydrogen-bond acceptors (Lipinski definition) is 5. The number of carbonyl (C=O) groups is 2. The van der Waals surface area contributed by atoms with Gasteiger partial charge in [0.2, 0.25) is 0 Å². The molecule has 5 nitrogen and oxygen atoms in total. The Morgan fingerprint density at radius 2 is 1.96 bits per heavy atom. The topological polar surface area (TPSA) is 67.4 Å². The summed E-state index contributed by atoms with van der Waals surface area (Å²) in [6.07, 6.45) is 1.85. The Labute approximate surface area is 151 Å². The molecule has 2 aromatic rings. The predicted octanol–water partition coefficient (Wildman–Crippen LogP) is 4.13. The Morgan fingerprint density at radius 3 is 2.72 bits per heavy atom. The molecule has 1 heterocycles. The van der Waals surface area contributed by atoms with Gasteiger partial charge in [-0.05, 0) is 42.8 Å². The van der Waals surface area contributed by atoms with E-state index in [1.54, 1.807) is 24.3 Å². The van der Waals surface area contributed by atoms with Gasteiger partial charge in [0.1, 0.15) is 0 Å². The van der Waals surface area contributed by atoms with E-state index in [2.05, 4.69) is 10.6 Å². The Hall–Kier alpha value is -2.47. The minimum Gasteiger partial charge on any atom is -0.462 e. The highest BCUT2D eigenvalue weighted by molar-refractivity contribution is 8.01. The summed E-state index contributed by atoms with van der Waals surface area (Å²) in [5.41, 5.74) is 2.12. The zero-order chi connectivity index (χ0) is 17.6. The third-order valence-electron chi connectivity index (χ3n) is 3.78. The quantitative estimate of drug-likeness (QED) is 0.602. The van der Waals surface area contributed by atoms with Crippen LogP contribution in [0.1, 0.15) is 30.1 Å². The van der Waals surface area contributed by atoms with Crippen LogP contribution in [0.5, 0.6) is 0 Å². The first-order chi connectivity index (χ1) is 12.2. The molecule has 0 fully saturated rings. The molecule has 130 valence electrons. The number of thioether (sulfide) groups is 1. The second-order valence-corrected chi connectivity index (χ2v) is 6.84. The number of carbonyl (C=O) groups excluding carboxylic acids is 2. The number of para-hydroxylation sites is 1. The molecule has 0 saturated heterocycles. The summed E-state index contributed by atoms with van der Waals surface area (Å²) in [4.78, 5) is 25.1. The molecule has 1 amide bonds. The lowest BCUT2D eigenvalue weighted by atomic mass is 10.2. The number of ether oxygens (including phenoxy) is 1. The number of benzene rings is 2. The third-order valence-corrected chi connectivity index (χ3v) is 4.95. The van der Waals surface area contributed by atoms with Crippen LogP contribution in [0.15, 0.2) is 53.4 Å². The van der Waals surface area contributed by atoms with Crippen LogP contribution >= 0.6 is 11.8 Å². The fraction of sp³-hybridized carbons (Fsp3) is 0.263. The molecular formula is C19H20N2O3S. The fourth-order valence-electron chi connectivity index (χ4n) is 2.39. The summed E-state index contributed by atoms with van der Waals surface area (Å²) in [5, 5.41) is 5.66. The van der Waals surface area contributed by atoms with Crippen molar-refractivity contribution in [1.82, 2.24) is 0 Å². The van der Waals surface area contributed by atoms with Gasteiger partial charge in [-0.25, -0.2) is 4.79 Å². The lowest BCUT2D eigenvalue weighted by Crippen LogP contribution is -2.34. The number of unbranched alkanes of at least 4 members (excludes halogenated alkanes) is 1. The van der Waals surface area contributed by atoms with Crippen LogP contribution in [0.3, 0.4) is 0 Å². The van der Waals surface area contributed by atoms with Crippen LogP contribution in [0.25, 0.3) is 0 Å². The smallest absolute Gasteiger partial charge is 0.338 e. The van der Waals surface area contributed by atoms with Gasteiger partial charge >= 0.3 is 5.97 Å². The summed E-state index contributed by atoms with van der Waals surface area (Å²) in [6.45, 7) is 2.49. The van der Waals surface area contributed by atoms with Gasteiger partial charge in [0.15, 0.2) is 5.37 Å². The van der Waals surface area contributed by atoms with Gasteiger partial charge in [-0.3, -0.25) is 4.79 Å². The predicted molar refractivity (Wildman–Crippen MR) is 100.0 cm³/mol. The van der Waals surface area contributed by atoms with E-state index in [0.717, 1.165) is 29.1 Å². The van der Waals surface area contributed by atoms with Gasteiger partial charge in [0.25, 0.3) is 5.91 Å². The first kappa shape index (κ1) is 17.4. The molecule has 2 aromatic carbocycles. The summed E-state index contributed by atoms with van der Waals surface area (Å²) in [5.74, 6) is -0.412. The third kappa shape index (κ3) is 4.33. The molecule has 0 aromatic heterocycles. The van der Waals surface area contributed by atoms with Gasteiger partial charge in [0.05, 0.1) is 17.9 Å². The van der Waals surface area contributed by atoms with Crippen LogP contribution < -0.4 is 10.6 Å². The van der Waals surface area contributed by atoms with Crippen LogP contribution in [-0.2, 0) is 9.53 Å². The summed E-state index contributed by atoms with van der Waals surface area (Å²) in [6, 6.07) is 14.7. The number of anilines is 2. The molecule has 25 heavy (non-hydrogen) atoms. The van der Waals surface area contributed by atoms with Gasteiger partial charge in [-0.1, -0.05) is 37.2 Å². The highest BCUT2D eigenvalue weighted by Gasteiger charge is 2.26. The van der Waals surface area contributed by atoms with Crippen LogP contribution in [0.4, 0.5) is 11.4 Å². The van der Waals surface area contributed by atoms with Crippen molar-refractivity contribution in [3.05, 3.63) is 54.1 Å². The number of hydrogen-bond donors (Lipinski definition) is 2. The standard InChI is InChI=1S/C19H20N2O3S/c1-2-3-12-24-19(23)13-8-10-14(11-9-13)20-18-17(22)21-15-6-4-5-7-16(15)25-18/h4-11,18,20H,2-3,12H2,1H3,(H,21,22)/t18-/m0/s1. The minimum atomic E-state index is -0.419. The minimum absolute atomic E-state index is 0.0910. The molecule has 2 N–H and O–H groups in total. The van der Waals surface area contributed by atoms with Gasteiger partial charge in [-0.15, -0.1) is 0 Å². The number of esters is 1. The first-order valence-corrected chi connectivity index (χ1v) is 9.15. The SMILES string of the molecule is CCCCOC(=O)c1ccc(N[C@H]2Sc3ccccc3NC2=O)cc1. The Kier molecular flexibility index (Phi) is 5.60. The number of nitrogens with one attached hydrogen (secondary N) is 2. The molecule has 6 heteroatoms. The monoisotopic (exact) mass is 356 g/mol. The highest BCUT2D eigenvalue weighted by Crippen LogP contribution is 2.35. The van der Waals surface area contributed by atoms with Crippen molar-refractivity contribution in [1.29, 1.82) is 0 Å². The van der Waals surface area contributed by atoms with E-state index in [-0.39, 0.29) is 11.9 Å². The Bertz CT molecular complexity index is 762. The molecular weight excluding hydrogens is 336 g/mol. The van der Waals surface area contributed by atoms with E-state index in [4.69, 9.17) is 4.74 Å². The van der Waals surface area contributed by atoms with Gasteiger partial charge in [-0.2, -0.15) is 0 Å². The summed E-state index contributed by atoms with van der Waals surface area (Å²) in [7, 11) is 0. The molecule has 1 aliphatic heterocycles. The van der Waals surface area contributed by atoms with E-state index in [1.807, 2.05) is 31.2 Å². The number of rotatable bonds is 6. The van der Waals surface area contributed by atoms with Crippen LogP contribution in [0, 0.1) is 0 Å². The maximum Gasteiger partial charge on any atom is 0.338 e. The van der Waals surface area contributed by atoms with Crippen molar-refractivity contribution in [2.24, 2.45) is 0 Å². The average Bonchev–Trinajstić information content (AvgIpc) is 2.63. The van der Waals surface area contributed by atoms with Crippen LogP contribution in [0.2, 0.25) is 0 Å². The van der Waals surface area contributed by atoms with Crippen LogP contribution in [-0.4, -0.2) is 23.9 Å². The number of fused-ring (bicyclic) bond motifs is 1. The Morgan fingerprint density at radius 1 is 1.20 bits per heavy atom. The molecule has 1 aliphatic rings. The Balaban J connectivity index is 1.62. The van der Waals surface area contributed by atoms with E-state index >= 15 is 0 Å². The molecule has 0 bridgehead atoms. The fourth-order valence-corrected chi connectivity index (χ4v) is 3.41. The van der Waals surface area contributed by atoms with Crippen molar-refractivity contribution in [3.8, 4) is 0 Å². The van der Waals surface area contributed by atoms with Gasteiger partial charge < -0.3 is 15.4 Å². The van der Waals surface area contributed by atoms with Gasteiger partial charge in [0, 0.05) is 10.6 Å². The normalized spacial score (nSPS) is 15.9. The molecule has 0 spiro atoms. The number of amides is 1. The highest BCUT2D eigenvalue weighted by atomic mass is 32.2. The van der Waals surface area contributed by atoms with E-state index in [0.29, 0.717) is 12.2 Å². The van der Waals surface area contributed by atoms with Crippen molar-refractivity contribution in [2.75, 3.05) is 17.2 Å². The molecule has 0 radical (unpaired) electrons. The molecule has 0 saturated carbocycles. The zero-order valence-electron chi connectivity index (χ0n) is 14.0. The van der Waals surface area contributed by atoms with E-state index in [9.17, 15) is 9.59 Å². The second kappa shape index (κ2) is 8.07. The van der Waals surface area contributed by atoms with Crippen molar-refractivity contribution in [2.45, 2.75) is 30.0 Å². The van der Waals surface area contributed by atoms with Crippen molar-refractivity contribution in [3.63, 3.8) is 0 Å². The molecule has 0 aliphatic carbocycles. The maximum absolute atomic E-state index is 12.2. The maximum atomic E-state index is 12.2. The zero-order valence-corrected chi connectivity index (χ0v) is 14.8. The summed E-state index contributed by atoms with van der Waals surface area (Å²) >= 11 is 1.47. The lowest BCUT2D eigenvalue weighted by molar-refractivity contribution is -0.115. The molecule has 1 atom stereocenters. The first-order valence-electron chi connectivity index (χ1n) is 8.27. The van der Waals surface area contributed by atoms with E-state index < -0.39 is 5.37 Å². The largest absolute Gasteiger partial charge is 0.462 e. The average molecular weight is 356 g/mol. The summed E-state index contributed by atoms with van der Waals surface area (Å²) < 4.78 is 5.19. The second-order valence-electron chi connectivity index (χ2n) is 5.69. The van der Waals surface area contributed by atoms with Crippen molar-refractivity contribution >= 4 is 35.0 Å². The lowest BCUT2D eigenvalue weighted by Gasteiger charge is -2.25. The van der Waals surface area contributed by atoms with Crippen molar-refractivity contribution < 1.29 is 14.3 Å².